The molecule has 0 saturated heterocycles. The Kier molecular flexibility index (Phi) is 4.22. The van der Waals surface area contributed by atoms with Crippen LogP contribution < -0.4 is 0 Å². The SMILES string of the molecule is O=C1c2[nH]nc(-c3ccc(Cl)cc3)c2C(c2cccs2)N1Cc1cccnc1. The molecule has 1 aliphatic heterocycles. The van der Waals surface area contributed by atoms with Gasteiger partial charge in [-0.3, -0.25) is 14.9 Å². The van der Waals surface area contributed by atoms with Crippen LogP contribution in [0.15, 0.2) is 66.3 Å². The molecule has 1 atom stereocenters. The van der Waals surface area contributed by atoms with Gasteiger partial charge < -0.3 is 4.90 Å². The molecule has 7 heteroatoms. The number of thiophene rings is 1. The first-order chi connectivity index (χ1) is 13.7. The molecule has 0 spiro atoms. The number of H-pyrrole nitrogens is 1. The Labute approximate surface area is 170 Å². The van der Waals surface area contributed by atoms with Crippen molar-refractivity contribution in [1.82, 2.24) is 20.1 Å². The average Bonchev–Trinajstić information content (AvgIpc) is 3.43. The van der Waals surface area contributed by atoms with E-state index < -0.39 is 0 Å². The molecule has 138 valence electrons. The Hall–Kier alpha value is -2.96. The molecule has 1 unspecified atom stereocenters. The van der Waals surface area contributed by atoms with Gasteiger partial charge >= 0.3 is 0 Å². The largest absolute Gasteiger partial charge is 0.321 e. The first kappa shape index (κ1) is 17.2. The predicted octanol–water partition coefficient (Wildman–Crippen LogP) is 4.93. The second-order valence-electron chi connectivity index (χ2n) is 6.58. The quantitative estimate of drug-likeness (QED) is 0.522. The summed E-state index contributed by atoms with van der Waals surface area (Å²) in [5.74, 6) is -0.0510. The highest BCUT2D eigenvalue weighted by Gasteiger charge is 2.42. The fourth-order valence-electron chi connectivity index (χ4n) is 3.62. The smallest absolute Gasteiger partial charge is 0.273 e. The van der Waals surface area contributed by atoms with E-state index in [9.17, 15) is 4.79 Å². The standard InChI is InChI=1S/C21H15ClN4OS/c22-15-7-5-14(6-8-15)18-17-19(25-24-18)21(27)26(12-13-3-1-9-23-11-13)20(17)16-4-2-10-28-16/h1-11,20H,12H2,(H,24,25). The van der Waals surface area contributed by atoms with E-state index in [-0.39, 0.29) is 11.9 Å². The number of halogens is 1. The van der Waals surface area contributed by atoms with Crippen molar-refractivity contribution in [3.63, 3.8) is 0 Å². The highest BCUT2D eigenvalue weighted by molar-refractivity contribution is 7.10. The van der Waals surface area contributed by atoms with Crippen molar-refractivity contribution >= 4 is 28.8 Å². The van der Waals surface area contributed by atoms with Crippen molar-refractivity contribution < 1.29 is 4.79 Å². The Morgan fingerprint density at radius 2 is 2.00 bits per heavy atom. The van der Waals surface area contributed by atoms with E-state index in [2.05, 4.69) is 21.2 Å². The molecule has 3 aromatic heterocycles. The first-order valence-electron chi connectivity index (χ1n) is 8.80. The van der Waals surface area contributed by atoms with Crippen molar-refractivity contribution in [3.05, 3.63) is 93.0 Å². The highest BCUT2D eigenvalue weighted by Crippen LogP contribution is 2.44. The van der Waals surface area contributed by atoms with Crippen LogP contribution in [0.5, 0.6) is 0 Å². The molecule has 1 amide bonds. The monoisotopic (exact) mass is 406 g/mol. The van der Waals surface area contributed by atoms with E-state index in [0.717, 1.165) is 27.3 Å². The molecular weight excluding hydrogens is 392 g/mol. The topological polar surface area (TPSA) is 61.9 Å². The number of aromatic nitrogens is 3. The lowest BCUT2D eigenvalue weighted by atomic mass is 10.0. The Bertz CT molecular complexity index is 1120. The summed E-state index contributed by atoms with van der Waals surface area (Å²) in [5, 5.41) is 10.1. The Morgan fingerprint density at radius 1 is 1.14 bits per heavy atom. The normalized spacial score (nSPS) is 15.8. The van der Waals surface area contributed by atoms with Crippen LogP contribution in [0.1, 0.15) is 32.5 Å². The third kappa shape index (κ3) is 2.82. The van der Waals surface area contributed by atoms with E-state index in [1.54, 1.807) is 23.7 Å². The predicted molar refractivity (Wildman–Crippen MR) is 109 cm³/mol. The lowest BCUT2D eigenvalue weighted by Gasteiger charge is -2.25. The third-order valence-electron chi connectivity index (χ3n) is 4.87. The van der Waals surface area contributed by atoms with Crippen LogP contribution in [0.3, 0.4) is 0 Å². The van der Waals surface area contributed by atoms with Gasteiger partial charge in [0.1, 0.15) is 5.69 Å². The zero-order chi connectivity index (χ0) is 19.1. The maximum atomic E-state index is 13.2. The molecule has 4 heterocycles. The van der Waals surface area contributed by atoms with E-state index in [1.807, 2.05) is 52.7 Å². The van der Waals surface area contributed by atoms with Crippen LogP contribution in [-0.2, 0) is 6.54 Å². The first-order valence-corrected chi connectivity index (χ1v) is 10.1. The van der Waals surface area contributed by atoms with Gasteiger partial charge in [-0.05, 0) is 35.2 Å². The van der Waals surface area contributed by atoms with Crippen LogP contribution in [0.2, 0.25) is 5.02 Å². The molecule has 0 fully saturated rings. The van der Waals surface area contributed by atoms with Crippen molar-refractivity contribution in [2.45, 2.75) is 12.6 Å². The third-order valence-corrected chi connectivity index (χ3v) is 6.05. The van der Waals surface area contributed by atoms with Gasteiger partial charge in [-0.25, -0.2) is 0 Å². The fourth-order valence-corrected chi connectivity index (χ4v) is 4.59. The van der Waals surface area contributed by atoms with E-state index in [1.165, 1.54) is 0 Å². The van der Waals surface area contributed by atoms with E-state index in [0.29, 0.717) is 17.3 Å². The molecule has 1 aliphatic rings. The number of nitrogens with one attached hydrogen (secondary N) is 1. The molecule has 0 bridgehead atoms. The minimum atomic E-state index is -0.188. The Morgan fingerprint density at radius 3 is 2.71 bits per heavy atom. The summed E-state index contributed by atoms with van der Waals surface area (Å²) in [4.78, 5) is 20.4. The van der Waals surface area contributed by atoms with Crippen molar-refractivity contribution in [2.24, 2.45) is 0 Å². The van der Waals surface area contributed by atoms with Gasteiger partial charge in [0.05, 0.1) is 11.7 Å². The maximum absolute atomic E-state index is 13.2. The van der Waals surface area contributed by atoms with Gasteiger partial charge in [-0.15, -0.1) is 11.3 Å². The summed E-state index contributed by atoms with van der Waals surface area (Å²) in [6.45, 7) is 0.484. The summed E-state index contributed by atoms with van der Waals surface area (Å²) < 4.78 is 0. The average molecular weight is 407 g/mol. The molecular formula is C21H15ClN4OS. The molecule has 4 aromatic rings. The molecule has 1 aromatic carbocycles. The summed E-state index contributed by atoms with van der Waals surface area (Å²) in [5.41, 5.74) is 4.17. The lowest BCUT2D eigenvalue weighted by molar-refractivity contribution is 0.0732. The van der Waals surface area contributed by atoms with Crippen LogP contribution in [0.25, 0.3) is 11.3 Å². The number of nitrogens with zero attached hydrogens (tertiary/aromatic N) is 3. The van der Waals surface area contributed by atoms with Gasteiger partial charge in [-0.1, -0.05) is 35.9 Å². The number of aromatic amines is 1. The number of benzene rings is 1. The zero-order valence-corrected chi connectivity index (χ0v) is 16.2. The second-order valence-corrected chi connectivity index (χ2v) is 8.00. The minimum absolute atomic E-state index is 0.0510. The molecule has 5 rings (SSSR count). The molecule has 0 saturated carbocycles. The number of hydrogen-bond donors (Lipinski definition) is 1. The minimum Gasteiger partial charge on any atom is -0.321 e. The second kappa shape index (κ2) is 6.89. The summed E-state index contributed by atoms with van der Waals surface area (Å²) in [6.07, 6.45) is 3.53. The molecule has 0 aliphatic carbocycles. The summed E-state index contributed by atoms with van der Waals surface area (Å²) >= 11 is 7.68. The lowest BCUT2D eigenvalue weighted by Crippen LogP contribution is -2.28. The van der Waals surface area contributed by atoms with Crippen LogP contribution >= 0.6 is 22.9 Å². The molecule has 0 radical (unpaired) electrons. The maximum Gasteiger partial charge on any atom is 0.273 e. The van der Waals surface area contributed by atoms with E-state index in [4.69, 9.17) is 11.6 Å². The number of pyridine rings is 1. The zero-order valence-electron chi connectivity index (χ0n) is 14.7. The van der Waals surface area contributed by atoms with E-state index >= 15 is 0 Å². The number of carbonyl (C=O) groups is 1. The number of carbonyl (C=O) groups excluding carboxylic acids is 1. The Balaban J connectivity index is 1.63. The van der Waals surface area contributed by atoms with Crippen molar-refractivity contribution in [3.8, 4) is 11.3 Å². The van der Waals surface area contributed by atoms with Crippen LogP contribution in [0, 0.1) is 0 Å². The van der Waals surface area contributed by atoms with Crippen LogP contribution in [0.4, 0.5) is 0 Å². The van der Waals surface area contributed by atoms with Crippen molar-refractivity contribution in [2.75, 3.05) is 0 Å². The molecule has 28 heavy (non-hydrogen) atoms. The van der Waals surface area contributed by atoms with Gasteiger partial charge in [0.15, 0.2) is 0 Å². The van der Waals surface area contributed by atoms with Gasteiger partial charge in [0.25, 0.3) is 5.91 Å². The number of rotatable bonds is 4. The number of hydrogen-bond acceptors (Lipinski definition) is 4. The number of amides is 1. The van der Waals surface area contributed by atoms with Gasteiger partial charge in [0.2, 0.25) is 0 Å². The number of fused-ring (bicyclic) bond motifs is 1. The molecule has 5 nitrogen and oxygen atoms in total. The van der Waals surface area contributed by atoms with Crippen molar-refractivity contribution in [1.29, 1.82) is 0 Å². The summed E-state index contributed by atoms with van der Waals surface area (Å²) in [7, 11) is 0. The summed E-state index contributed by atoms with van der Waals surface area (Å²) in [6, 6.07) is 15.3. The van der Waals surface area contributed by atoms with Crippen LogP contribution in [-0.4, -0.2) is 26.0 Å². The molecule has 1 N–H and O–H groups in total. The fraction of sp³-hybridized carbons (Fsp3) is 0.0952. The van der Waals surface area contributed by atoms with Gasteiger partial charge in [0, 0.05) is 40.0 Å². The van der Waals surface area contributed by atoms with Gasteiger partial charge in [-0.2, -0.15) is 5.10 Å². The highest BCUT2D eigenvalue weighted by atomic mass is 35.5.